The summed E-state index contributed by atoms with van der Waals surface area (Å²) in [5.74, 6) is -1.95. The van der Waals surface area contributed by atoms with Crippen molar-refractivity contribution in [1.29, 1.82) is 0 Å². The van der Waals surface area contributed by atoms with Gasteiger partial charge in [0.05, 0.1) is 21.9 Å². The second kappa shape index (κ2) is 7.10. The quantitative estimate of drug-likeness (QED) is 0.408. The van der Waals surface area contributed by atoms with Crippen LogP contribution in [0.25, 0.3) is 5.69 Å². The van der Waals surface area contributed by atoms with E-state index in [1.54, 1.807) is 0 Å². The lowest BCUT2D eigenvalue weighted by Crippen LogP contribution is -2.15. The molecule has 0 aliphatic carbocycles. The van der Waals surface area contributed by atoms with E-state index in [2.05, 4.69) is 5.10 Å². The number of non-ortho nitro benzene ring substituents is 1. The molecule has 0 saturated heterocycles. The van der Waals surface area contributed by atoms with Gasteiger partial charge in [-0.2, -0.15) is 18.3 Å². The Morgan fingerprint density at radius 1 is 1.11 bits per heavy atom. The number of hydrogen-bond donors (Lipinski definition) is 1. The minimum Gasteiger partial charge on any atom is -0.318 e. The van der Waals surface area contributed by atoms with Crippen LogP contribution in [-0.2, 0) is 6.18 Å². The van der Waals surface area contributed by atoms with Gasteiger partial charge < -0.3 is 5.32 Å². The zero-order valence-electron chi connectivity index (χ0n) is 13.8. The molecule has 144 valence electrons. The summed E-state index contributed by atoms with van der Waals surface area (Å²) in [6.07, 6.45) is -3.32. The molecule has 0 bridgehead atoms. The average Bonchev–Trinajstić information content (AvgIpc) is 3.13. The Kier molecular flexibility index (Phi) is 4.82. The summed E-state index contributed by atoms with van der Waals surface area (Å²) in [5, 5.41) is 16.6. The Labute approximate surface area is 154 Å². The lowest BCUT2D eigenvalue weighted by atomic mass is 10.2. The van der Waals surface area contributed by atoms with Crippen LogP contribution in [0.15, 0.2) is 54.7 Å². The number of anilines is 1. The molecular formula is C17H10F4N4O3. The summed E-state index contributed by atoms with van der Waals surface area (Å²) in [6.45, 7) is 0. The third-order valence-corrected chi connectivity index (χ3v) is 3.69. The number of nitro groups is 1. The molecule has 7 nitrogen and oxygen atoms in total. The molecule has 0 radical (unpaired) electrons. The highest BCUT2D eigenvalue weighted by Gasteiger charge is 2.31. The summed E-state index contributed by atoms with van der Waals surface area (Å²) in [7, 11) is 0. The van der Waals surface area contributed by atoms with Gasteiger partial charge in [0, 0.05) is 18.3 Å². The van der Waals surface area contributed by atoms with E-state index >= 15 is 0 Å². The van der Waals surface area contributed by atoms with Crippen molar-refractivity contribution in [2.45, 2.75) is 6.18 Å². The van der Waals surface area contributed by atoms with Crippen LogP contribution in [-0.4, -0.2) is 20.6 Å². The first-order valence-corrected chi connectivity index (χ1v) is 7.64. The molecule has 0 saturated carbocycles. The van der Waals surface area contributed by atoms with Crippen molar-refractivity contribution in [3.8, 4) is 5.69 Å². The van der Waals surface area contributed by atoms with Crippen LogP contribution in [0, 0.1) is 15.9 Å². The number of nitro benzene ring substituents is 1. The first-order valence-electron chi connectivity index (χ1n) is 7.64. The second-order valence-corrected chi connectivity index (χ2v) is 5.57. The maximum absolute atomic E-state index is 13.7. The number of aromatic nitrogens is 2. The molecular weight excluding hydrogens is 384 g/mol. The van der Waals surface area contributed by atoms with Crippen LogP contribution in [0.3, 0.4) is 0 Å². The van der Waals surface area contributed by atoms with Gasteiger partial charge in [0.25, 0.3) is 11.6 Å². The molecule has 28 heavy (non-hydrogen) atoms. The van der Waals surface area contributed by atoms with E-state index in [0.717, 1.165) is 0 Å². The van der Waals surface area contributed by atoms with E-state index in [1.165, 1.54) is 41.2 Å². The van der Waals surface area contributed by atoms with E-state index in [9.17, 15) is 32.5 Å². The number of carbonyl (C=O) groups excluding carboxylic acids is 1. The van der Waals surface area contributed by atoms with Crippen molar-refractivity contribution in [2.75, 3.05) is 5.32 Å². The predicted octanol–water partition coefficient (Wildman–Crippen LogP) is 4.19. The Bertz CT molecular complexity index is 1050. The lowest BCUT2D eigenvalue weighted by Gasteiger charge is -2.10. The van der Waals surface area contributed by atoms with Gasteiger partial charge in [-0.1, -0.05) is 0 Å². The number of halogens is 4. The van der Waals surface area contributed by atoms with Crippen molar-refractivity contribution in [2.24, 2.45) is 0 Å². The first kappa shape index (κ1) is 19.0. The lowest BCUT2D eigenvalue weighted by molar-refractivity contribution is -0.384. The molecule has 0 spiro atoms. The van der Waals surface area contributed by atoms with Gasteiger partial charge in [-0.3, -0.25) is 14.9 Å². The number of amides is 1. The van der Waals surface area contributed by atoms with E-state index in [0.29, 0.717) is 23.9 Å². The number of hydrogen-bond acceptors (Lipinski definition) is 4. The third-order valence-electron chi connectivity index (χ3n) is 3.69. The van der Waals surface area contributed by atoms with E-state index in [4.69, 9.17) is 0 Å². The molecule has 1 amide bonds. The Morgan fingerprint density at radius 2 is 1.79 bits per heavy atom. The normalized spacial score (nSPS) is 11.3. The molecule has 2 aromatic carbocycles. The van der Waals surface area contributed by atoms with Crippen molar-refractivity contribution in [3.05, 3.63) is 81.9 Å². The van der Waals surface area contributed by atoms with Crippen LogP contribution in [0.1, 0.15) is 16.1 Å². The molecule has 3 aromatic rings. The Hall–Kier alpha value is -3.76. The van der Waals surface area contributed by atoms with Gasteiger partial charge >= 0.3 is 6.18 Å². The monoisotopic (exact) mass is 394 g/mol. The fourth-order valence-corrected chi connectivity index (χ4v) is 2.30. The van der Waals surface area contributed by atoms with Crippen molar-refractivity contribution < 1.29 is 27.3 Å². The van der Waals surface area contributed by atoms with E-state index in [1.807, 2.05) is 5.32 Å². The number of carbonyl (C=O) groups is 1. The molecule has 0 aliphatic rings. The van der Waals surface area contributed by atoms with E-state index < -0.39 is 34.1 Å². The summed E-state index contributed by atoms with van der Waals surface area (Å²) >= 11 is 0. The van der Waals surface area contributed by atoms with Crippen molar-refractivity contribution in [3.63, 3.8) is 0 Å². The molecule has 0 unspecified atom stereocenters. The molecule has 1 heterocycles. The van der Waals surface area contributed by atoms with Crippen molar-refractivity contribution >= 4 is 17.3 Å². The third kappa shape index (κ3) is 3.98. The van der Waals surface area contributed by atoms with Gasteiger partial charge in [0.2, 0.25) is 0 Å². The highest BCUT2D eigenvalue weighted by Crippen LogP contribution is 2.31. The number of alkyl halides is 3. The molecule has 11 heteroatoms. The number of benzene rings is 2. The highest BCUT2D eigenvalue weighted by molar-refractivity contribution is 6.02. The zero-order valence-corrected chi connectivity index (χ0v) is 13.8. The maximum Gasteiger partial charge on any atom is 0.416 e. The number of nitrogens with zero attached hydrogens (tertiary/aromatic N) is 3. The SMILES string of the molecule is O=C(Nc1cc(C(F)(F)F)ccc1F)c1ccn(-c2ccc([N+](=O)[O-])cc2)n1. The summed E-state index contributed by atoms with van der Waals surface area (Å²) in [6, 6.07) is 8.22. The van der Waals surface area contributed by atoms with Gasteiger partial charge in [-0.15, -0.1) is 0 Å². The second-order valence-electron chi connectivity index (χ2n) is 5.57. The van der Waals surface area contributed by atoms with E-state index in [-0.39, 0.29) is 11.4 Å². The van der Waals surface area contributed by atoms with Gasteiger partial charge in [-0.25, -0.2) is 9.07 Å². The molecule has 1 aromatic heterocycles. The summed E-state index contributed by atoms with van der Waals surface area (Å²) in [4.78, 5) is 22.3. The van der Waals surface area contributed by atoms with Crippen LogP contribution >= 0.6 is 0 Å². The minimum atomic E-state index is -4.69. The summed E-state index contributed by atoms with van der Waals surface area (Å²) < 4.78 is 53.2. The van der Waals surface area contributed by atoms with Gasteiger partial charge in [-0.05, 0) is 36.4 Å². The fourth-order valence-electron chi connectivity index (χ4n) is 2.30. The fraction of sp³-hybridized carbons (Fsp3) is 0.0588. The van der Waals surface area contributed by atoms with Crippen LogP contribution in [0.4, 0.5) is 28.9 Å². The molecule has 0 aliphatic heterocycles. The number of nitrogens with one attached hydrogen (secondary N) is 1. The molecule has 3 rings (SSSR count). The minimum absolute atomic E-state index is 0.131. The van der Waals surface area contributed by atoms with Gasteiger partial charge in [0.15, 0.2) is 5.69 Å². The predicted molar refractivity (Wildman–Crippen MR) is 89.6 cm³/mol. The molecule has 1 N–H and O–H groups in total. The summed E-state index contributed by atoms with van der Waals surface area (Å²) in [5.41, 5.74) is -1.65. The standard InChI is InChI=1S/C17H10F4N4O3/c18-13-6-1-10(17(19,20)21)9-15(13)22-16(26)14-7-8-24(23-14)11-2-4-12(5-3-11)25(27)28/h1-9H,(H,22,26). The maximum atomic E-state index is 13.7. The number of rotatable bonds is 4. The topological polar surface area (TPSA) is 90.1 Å². The van der Waals surface area contributed by atoms with Gasteiger partial charge in [0.1, 0.15) is 5.82 Å². The molecule has 0 atom stereocenters. The van der Waals surface area contributed by atoms with Crippen molar-refractivity contribution in [1.82, 2.24) is 9.78 Å². The van der Waals surface area contributed by atoms with Crippen LogP contribution in [0.5, 0.6) is 0 Å². The largest absolute Gasteiger partial charge is 0.416 e. The Balaban J connectivity index is 1.80. The highest BCUT2D eigenvalue weighted by atomic mass is 19.4. The smallest absolute Gasteiger partial charge is 0.318 e. The zero-order chi connectivity index (χ0) is 20.5. The first-order chi connectivity index (χ1) is 13.1. The average molecular weight is 394 g/mol. The van der Waals surface area contributed by atoms with Crippen LogP contribution in [0.2, 0.25) is 0 Å². The Morgan fingerprint density at radius 3 is 2.39 bits per heavy atom. The van der Waals surface area contributed by atoms with Crippen LogP contribution < -0.4 is 5.32 Å². The molecule has 0 fully saturated rings.